The third-order valence-electron chi connectivity index (χ3n) is 1.82. The summed E-state index contributed by atoms with van der Waals surface area (Å²) in [6, 6.07) is 2.20. The summed E-state index contributed by atoms with van der Waals surface area (Å²) >= 11 is 5.66. The molecular formula is C9H3ClF3N. The van der Waals surface area contributed by atoms with Gasteiger partial charge in [0.2, 0.25) is 0 Å². The van der Waals surface area contributed by atoms with E-state index in [4.69, 9.17) is 11.6 Å². The Bertz CT molecular complexity index is 513. The van der Waals surface area contributed by atoms with E-state index in [1.807, 2.05) is 0 Å². The SMILES string of the molecule is Fc1cc2c(Cl)ccnc2c(F)c1F. The lowest BCUT2D eigenvalue weighted by atomic mass is 10.2. The molecule has 1 aromatic heterocycles. The maximum Gasteiger partial charge on any atom is 0.196 e. The smallest absolute Gasteiger partial charge is 0.196 e. The van der Waals surface area contributed by atoms with Gasteiger partial charge >= 0.3 is 0 Å². The van der Waals surface area contributed by atoms with Crippen LogP contribution in [0.2, 0.25) is 5.02 Å². The number of aromatic nitrogens is 1. The summed E-state index contributed by atoms with van der Waals surface area (Å²) in [5.74, 6) is -4.13. The molecule has 0 unspecified atom stereocenters. The molecule has 2 aromatic rings. The molecule has 0 fully saturated rings. The van der Waals surface area contributed by atoms with Gasteiger partial charge in [-0.25, -0.2) is 13.2 Å². The molecule has 0 aliphatic carbocycles. The lowest BCUT2D eigenvalue weighted by molar-refractivity contribution is 0.452. The highest BCUT2D eigenvalue weighted by molar-refractivity contribution is 6.35. The highest BCUT2D eigenvalue weighted by atomic mass is 35.5. The fourth-order valence-corrected chi connectivity index (χ4v) is 1.36. The van der Waals surface area contributed by atoms with E-state index in [0.29, 0.717) is 0 Å². The fourth-order valence-electron chi connectivity index (χ4n) is 1.16. The van der Waals surface area contributed by atoms with E-state index in [0.717, 1.165) is 6.07 Å². The van der Waals surface area contributed by atoms with Gasteiger partial charge in [0.1, 0.15) is 5.52 Å². The molecule has 0 aliphatic rings. The molecule has 1 aromatic carbocycles. The summed E-state index contributed by atoms with van der Waals surface area (Å²) < 4.78 is 38.7. The number of fused-ring (bicyclic) bond motifs is 1. The van der Waals surface area contributed by atoms with Crippen LogP contribution in [0.1, 0.15) is 0 Å². The first-order chi connectivity index (χ1) is 6.61. The second-order valence-corrected chi connectivity index (χ2v) is 3.08. The van der Waals surface area contributed by atoms with Gasteiger partial charge in [-0.05, 0) is 12.1 Å². The maximum atomic E-state index is 13.1. The topological polar surface area (TPSA) is 12.9 Å². The number of halogens is 4. The third-order valence-corrected chi connectivity index (χ3v) is 2.15. The summed E-state index contributed by atoms with van der Waals surface area (Å²) in [4.78, 5) is 3.58. The average Bonchev–Trinajstić information content (AvgIpc) is 2.17. The molecule has 72 valence electrons. The molecule has 14 heavy (non-hydrogen) atoms. The summed E-state index contributed by atoms with van der Waals surface area (Å²) in [5.41, 5.74) is -0.267. The molecule has 1 nitrogen and oxygen atoms in total. The van der Waals surface area contributed by atoms with Crippen LogP contribution in [0.15, 0.2) is 18.3 Å². The molecule has 0 N–H and O–H groups in total. The molecule has 0 saturated heterocycles. The Balaban J connectivity index is 2.98. The largest absolute Gasteiger partial charge is 0.253 e. The minimum absolute atomic E-state index is 0.0607. The summed E-state index contributed by atoms with van der Waals surface area (Å²) in [5, 5.41) is 0.193. The summed E-state index contributed by atoms with van der Waals surface area (Å²) in [6.07, 6.45) is 1.23. The van der Waals surface area contributed by atoms with Crippen LogP contribution in [-0.4, -0.2) is 4.98 Å². The van der Waals surface area contributed by atoms with E-state index in [2.05, 4.69) is 4.98 Å². The van der Waals surface area contributed by atoms with Crippen molar-refractivity contribution in [3.63, 3.8) is 0 Å². The van der Waals surface area contributed by atoms with Crippen LogP contribution >= 0.6 is 11.6 Å². The summed E-state index contributed by atoms with van der Waals surface area (Å²) in [6.45, 7) is 0. The molecule has 0 saturated carbocycles. The van der Waals surface area contributed by atoms with Crippen molar-refractivity contribution < 1.29 is 13.2 Å². The Morgan fingerprint density at radius 2 is 1.86 bits per heavy atom. The van der Waals surface area contributed by atoms with E-state index >= 15 is 0 Å². The van der Waals surface area contributed by atoms with E-state index in [1.165, 1.54) is 12.3 Å². The number of pyridine rings is 1. The van der Waals surface area contributed by atoms with E-state index in [-0.39, 0.29) is 15.9 Å². The van der Waals surface area contributed by atoms with Gasteiger partial charge in [-0.15, -0.1) is 0 Å². The highest BCUT2D eigenvalue weighted by Crippen LogP contribution is 2.26. The lowest BCUT2D eigenvalue weighted by Gasteiger charge is -2.02. The molecule has 5 heteroatoms. The van der Waals surface area contributed by atoms with Gasteiger partial charge in [0.15, 0.2) is 17.5 Å². The second-order valence-electron chi connectivity index (χ2n) is 2.68. The van der Waals surface area contributed by atoms with Crippen LogP contribution in [0.25, 0.3) is 10.9 Å². The summed E-state index contributed by atoms with van der Waals surface area (Å²) in [7, 11) is 0. The molecule has 0 amide bonds. The quantitative estimate of drug-likeness (QED) is 0.617. The Labute approximate surface area is 82.1 Å². The zero-order chi connectivity index (χ0) is 10.3. The lowest BCUT2D eigenvalue weighted by Crippen LogP contribution is -1.94. The van der Waals surface area contributed by atoms with Crippen LogP contribution in [0.3, 0.4) is 0 Å². The monoisotopic (exact) mass is 217 g/mol. The van der Waals surface area contributed by atoms with E-state index in [9.17, 15) is 13.2 Å². The molecule has 1 heterocycles. The van der Waals surface area contributed by atoms with Gasteiger partial charge < -0.3 is 0 Å². The first-order valence-electron chi connectivity index (χ1n) is 3.69. The van der Waals surface area contributed by atoms with E-state index < -0.39 is 17.5 Å². The fraction of sp³-hybridized carbons (Fsp3) is 0. The van der Waals surface area contributed by atoms with Crippen LogP contribution in [-0.2, 0) is 0 Å². The number of nitrogens with zero attached hydrogens (tertiary/aromatic N) is 1. The van der Waals surface area contributed by atoms with E-state index in [1.54, 1.807) is 0 Å². The van der Waals surface area contributed by atoms with Crippen LogP contribution in [0, 0.1) is 17.5 Å². The first kappa shape index (κ1) is 9.27. The molecule has 0 atom stereocenters. The first-order valence-corrected chi connectivity index (χ1v) is 4.07. The van der Waals surface area contributed by atoms with Crippen LogP contribution in [0.4, 0.5) is 13.2 Å². The average molecular weight is 218 g/mol. The van der Waals surface area contributed by atoms with Crippen LogP contribution < -0.4 is 0 Å². The number of rotatable bonds is 0. The Morgan fingerprint density at radius 1 is 1.14 bits per heavy atom. The van der Waals surface area contributed by atoms with Crippen molar-refractivity contribution in [2.45, 2.75) is 0 Å². The molecule has 2 rings (SSSR count). The second kappa shape index (κ2) is 3.13. The van der Waals surface area contributed by atoms with Gasteiger partial charge in [-0.3, -0.25) is 4.98 Å². The molecule has 0 radical (unpaired) electrons. The van der Waals surface area contributed by atoms with Crippen molar-refractivity contribution in [3.05, 3.63) is 40.8 Å². The Morgan fingerprint density at radius 3 is 2.57 bits per heavy atom. The van der Waals surface area contributed by atoms with Gasteiger partial charge in [0.05, 0.1) is 5.02 Å². The zero-order valence-corrected chi connectivity index (χ0v) is 7.45. The Hall–Kier alpha value is -1.29. The Kier molecular flexibility index (Phi) is 2.07. The zero-order valence-electron chi connectivity index (χ0n) is 6.69. The van der Waals surface area contributed by atoms with Crippen molar-refractivity contribution in [1.82, 2.24) is 4.98 Å². The number of hydrogen-bond donors (Lipinski definition) is 0. The van der Waals surface area contributed by atoms with Gasteiger partial charge in [0, 0.05) is 11.6 Å². The molecule has 0 spiro atoms. The van der Waals surface area contributed by atoms with Gasteiger partial charge in [0.25, 0.3) is 0 Å². The minimum Gasteiger partial charge on any atom is -0.253 e. The third kappa shape index (κ3) is 1.23. The molecular weight excluding hydrogens is 215 g/mol. The molecule has 0 bridgehead atoms. The minimum atomic E-state index is -1.53. The predicted molar refractivity (Wildman–Crippen MR) is 46.6 cm³/mol. The van der Waals surface area contributed by atoms with Crippen molar-refractivity contribution in [3.8, 4) is 0 Å². The van der Waals surface area contributed by atoms with Crippen molar-refractivity contribution >= 4 is 22.5 Å². The van der Waals surface area contributed by atoms with Gasteiger partial charge in [-0.2, -0.15) is 0 Å². The number of benzene rings is 1. The van der Waals surface area contributed by atoms with Crippen molar-refractivity contribution in [2.75, 3.05) is 0 Å². The standard InChI is InChI=1S/C9H3ClF3N/c10-5-1-2-14-9-4(5)3-6(11)7(12)8(9)13/h1-3H. The van der Waals surface area contributed by atoms with Crippen LogP contribution in [0.5, 0.6) is 0 Å². The maximum absolute atomic E-state index is 13.1. The predicted octanol–water partition coefficient (Wildman–Crippen LogP) is 3.31. The number of hydrogen-bond acceptors (Lipinski definition) is 1. The van der Waals surface area contributed by atoms with Crippen molar-refractivity contribution in [1.29, 1.82) is 0 Å². The molecule has 0 aliphatic heterocycles. The van der Waals surface area contributed by atoms with Gasteiger partial charge in [-0.1, -0.05) is 11.6 Å². The highest BCUT2D eigenvalue weighted by Gasteiger charge is 2.15. The van der Waals surface area contributed by atoms with Crippen molar-refractivity contribution in [2.24, 2.45) is 0 Å². The normalized spacial score (nSPS) is 10.9.